The van der Waals surface area contributed by atoms with Crippen LogP contribution in [0.4, 0.5) is 0 Å². The van der Waals surface area contributed by atoms with Crippen LogP contribution in [0.25, 0.3) is 0 Å². The first-order chi connectivity index (χ1) is 11.7. The number of carbonyl (C=O) groups is 2. The Morgan fingerprint density at radius 2 is 1.92 bits per heavy atom. The van der Waals surface area contributed by atoms with Gasteiger partial charge in [-0.2, -0.15) is 4.31 Å². The monoisotopic (exact) mass is 368 g/mol. The molecule has 1 aliphatic rings. The van der Waals surface area contributed by atoms with Gasteiger partial charge in [0.25, 0.3) is 5.91 Å². The fraction of sp³-hybridized carbons (Fsp3) is 0.529. The van der Waals surface area contributed by atoms with E-state index in [-0.39, 0.29) is 22.9 Å². The van der Waals surface area contributed by atoms with Crippen molar-refractivity contribution in [3.8, 4) is 0 Å². The summed E-state index contributed by atoms with van der Waals surface area (Å²) < 4.78 is 26.9. The van der Waals surface area contributed by atoms with Gasteiger partial charge in [-0.25, -0.2) is 8.42 Å². The molecule has 138 valence electrons. The number of hydrogen-bond acceptors (Lipinski definition) is 4. The number of likely N-dealkylation sites (tertiary alicyclic amines) is 1. The summed E-state index contributed by atoms with van der Waals surface area (Å²) in [6.45, 7) is 6.44. The highest BCUT2D eigenvalue weighted by Crippen LogP contribution is 2.24. The van der Waals surface area contributed by atoms with Crippen LogP contribution in [0, 0.1) is 12.8 Å². The van der Waals surface area contributed by atoms with Gasteiger partial charge in [0.1, 0.15) is 0 Å². The van der Waals surface area contributed by atoms with E-state index in [9.17, 15) is 18.0 Å². The van der Waals surface area contributed by atoms with E-state index in [0.29, 0.717) is 31.6 Å². The summed E-state index contributed by atoms with van der Waals surface area (Å²) in [6, 6.07) is 4.61. The molecule has 1 saturated heterocycles. The molecule has 1 N–H and O–H groups in total. The van der Waals surface area contributed by atoms with Crippen molar-refractivity contribution < 1.29 is 23.1 Å². The smallest absolute Gasteiger partial charge is 0.308 e. The topological polar surface area (TPSA) is 95.0 Å². The third-order valence-electron chi connectivity index (χ3n) is 4.58. The molecular formula is C17H24N2O5S. The van der Waals surface area contributed by atoms with E-state index in [1.54, 1.807) is 32.9 Å². The standard InChI is InChI=1S/C17H24N2O5S/c1-4-19(5-2)25(23,24)15-10-13(7-6-12(15)3)16(20)18-9-8-14(11-18)17(21)22/h6-7,10,14H,4-5,8-9,11H2,1-3H3,(H,21,22). The number of nitrogens with zero attached hydrogens (tertiary/aromatic N) is 2. The summed E-state index contributed by atoms with van der Waals surface area (Å²) in [6.07, 6.45) is 0.414. The molecule has 8 heteroatoms. The Kier molecular flexibility index (Phi) is 5.84. The van der Waals surface area contributed by atoms with Gasteiger partial charge in [0.2, 0.25) is 10.0 Å². The largest absolute Gasteiger partial charge is 0.481 e. The molecule has 0 aliphatic carbocycles. The van der Waals surface area contributed by atoms with Crippen molar-refractivity contribution in [1.82, 2.24) is 9.21 Å². The van der Waals surface area contributed by atoms with Crippen molar-refractivity contribution in [2.24, 2.45) is 5.92 Å². The Hall–Kier alpha value is -1.93. The van der Waals surface area contributed by atoms with Gasteiger partial charge in [-0.15, -0.1) is 0 Å². The molecule has 1 aliphatic heterocycles. The number of sulfonamides is 1. The Labute approximate surface area is 148 Å². The van der Waals surface area contributed by atoms with Crippen LogP contribution in [0.3, 0.4) is 0 Å². The van der Waals surface area contributed by atoms with E-state index in [0.717, 1.165) is 0 Å². The van der Waals surface area contributed by atoms with Gasteiger partial charge in [0.15, 0.2) is 0 Å². The fourth-order valence-electron chi connectivity index (χ4n) is 3.04. The number of carboxylic acids is 1. The number of amides is 1. The minimum Gasteiger partial charge on any atom is -0.481 e. The van der Waals surface area contributed by atoms with E-state index in [4.69, 9.17) is 5.11 Å². The van der Waals surface area contributed by atoms with Crippen LogP contribution in [0.15, 0.2) is 23.1 Å². The Bertz CT molecular complexity index is 771. The highest BCUT2D eigenvalue weighted by Gasteiger charge is 2.32. The lowest BCUT2D eigenvalue weighted by Crippen LogP contribution is -2.32. The third kappa shape index (κ3) is 3.85. The molecule has 25 heavy (non-hydrogen) atoms. The number of benzene rings is 1. The van der Waals surface area contributed by atoms with Gasteiger partial charge in [-0.1, -0.05) is 19.9 Å². The predicted molar refractivity (Wildman–Crippen MR) is 92.9 cm³/mol. The highest BCUT2D eigenvalue weighted by atomic mass is 32.2. The summed E-state index contributed by atoms with van der Waals surface area (Å²) in [5.41, 5.74) is 0.843. The number of hydrogen-bond donors (Lipinski definition) is 1. The number of aliphatic carboxylic acids is 1. The third-order valence-corrected chi connectivity index (χ3v) is 6.77. The van der Waals surface area contributed by atoms with Gasteiger partial charge in [-0.3, -0.25) is 9.59 Å². The van der Waals surface area contributed by atoms with Crippen molar-refractivity contribution in [2.45, 2.75) is 32.1 Å². The van der Waals surface area contributed by atoms with E-state index >= 15 is 0 Å². The number of aryl methyl sites for hydroxylation is 1. The molecule has 0 radical (unpaired) electrons. The van der Waals surface area contributed by atoms with Crippen molar-refractivity contribution in [3.63, 3.8) is 0 Å². The zero-order chi connectivity index (χ0) is 18.8. The zero-order valence-corrected chi connectivity index (χ0v) is 15.5. The molecule has 0 saturated carbocycles. The van der Waals surface area contributed by atoms with E-state index in [2.05, 4.69) is 0 Å². The summed E-state index contributed by atoms with van der Waals surface area (Å²) in [5.74, 6) is -1.81. The number of carboxylic acid groups (broad SMARTS) is 1. The first kappa shape index (κ1) is 19.4. The molecule has 7 nitrogen and oxygen atoms in total. The summed E-state index contributed by atoms with van der Waals surface area (Å²) in [7, 11) is -3.67. The fourth-order valence-corrected chi connectivity index (χ4v) is 4.75. The van der Waals surface area contributed by atoms with Gasteiger partial charge in [0, 0.05) is 31.7 Å². The van der Waals surface area contributed by atoms with Gasteiger partial charge in [0.05, 0.1) is 10.8 Å². The molecule has 1 amide bonds. The van der Waals surface area contributed by atoms with Crippen LogP contribution in [0.5, 0.6) is 0 Å². The first-order valence-electron chi connectivity index (χ1n) is 8.35. The Morgan fingerprint density at radius 1 is 1.28 bits per heavy atom. The number of carbonyl (C=O) groups excluding carboxylic acids is 1. The van der Waals surface area contributed by atoms with E-state index in [1.807, 2.05) is 0 Å². The summed E-state index contributed by atoms with van der Waals surface area (Å²) in [5, 5.41) is 9.06. The zero-order valence-electron chi connectivity index (χ0n) is 14.7. The van der Waals surface area contributed by atoms with Crippen molar-refractivity contribution in [1.29, 1.82) is 0 Å². The SMILES string of the molecule is CCN(CC)S(=O)(=O)c1cc(C(=O)N2CCC(C(=O)O)C2)ccc1C. The van der Waals surface area contributed by atoms with E-state index < -0.39 is 21.9 Å². The minimum atomic E-state index is -3.67. The predicted octanol–water partition coefficient (Wildman–Crippen LogP) is 1.57. The quantitative estimate of drug-likeness (QED) is 0.822. The maximum atomic E-state index is 12.8. The maximum absolute atomic E-state index is 12.8. The molecule has 1 heterocycles. The van der Waals surface area contributed by atoms with E-state index in [1.165, 1.54) is 15.3 Å². The molecule has 0 aromatic heterocycles. The van der Waals surface area contributed by atoms with Crippen LogP contribution in [-0.2, 0) is 14.8 Å². The summed E-state index contributed by atoms with van der Waals surface area (Å²) in [4.78, 5) is 25.3. The first-order valence-corrected chi connectivity index (χ1v) is 9.79. The van der Waals surface area contributed by atoms with Crippen molar-refractivity contribution in [2.75, 3.05) is 26.2 Å². The second kappa shape index (κ2) is 7.53. The lowest BCUT2D eigenvalue weighted by Gasteiger charge is -2.21. The molecule has 2 rings (SSSR count). The van der Waals surface area contributed by atoms with Crippen LogP contribution in [-0.4, -0.2) is 60.8 Å². The average Bonchev–Trinajstić information content (AvgIpc) is 3.05. The van der Waals surface area contributed by atoms with Crippen molar-refractivity contribution >= 4 is 21.9 Å². The van der Waals surface area contributed by atoms with Crippen LogP contribution in [0.1, 0.15) is 36.2 Å². The average molecular weight is 368 g/mol. The van der Waals surface area contributed by atoms with Gasteiger partial charge < -0.3 is 10.0 Å². The van der Waals surface area contributed by atoms with Gasteiger partial charge in [-0.05, 0) is 31.0 Å². The molecular weight excluding hydrogens is 344 g/mol. The second-order valence-corrected chi connectivity index (χ2v) is 8.05. The molecule has 1 fully saturated rings. The normalized spacial score (nSPS) is 17.9. The lowest BCUT2D eigenvalue weighted by molar-refractivity contribution is -0.141. The second-order valence-electron chi connectivity index (χ2n) is 6.14. The van der Waals surface area contributed by atoms with Crippen LogP contribution in [0.2, 0.25) is 0 Å². The van der Waals surface area contributed by atoms with Crippen molar-refractivity contribution in [3.05, 3.63) is 29.3 Å². The van der Waals surface area contributed by atoms with Crippen LogP contribution < -0.4 is 0 Å². The highest BCUT2D eigenvalue weighted by molar-refractivity contribution is 7.89. The molecule has 0 spiro atoms. The lowest BCUT2D eigenvalue weighted by atomic mass is 10.1. The molecule has 1 unspecified atom stereocenters. The molecule has 1 atom stereocenters. The maximum Gasteiger partial charge on any atom is 0.308 e. The number of rotatable bonds is 6. The molecule has 0 bridgehead atoms. The minimum absolute atomic E-state index is 0.121. The van der Waals surface area contributed by atoms with Crippen LogP contribution >= 0.6 is 0 Å². The van der Waals surface area contributed by atoms with Gasteiger partial charge >= 0.3 is 5.97 Å². The molecule has 1 aromatic rings. The molecule has 1 aromatic carbocycles. The summed E-state index contributed by atoms with van der Waals surface area (Å²) >= 11 is 0. The Balaban J connectivity index is 2.33. The Morgan fingerprint density at radius 3 is 2.44 bits per heavy atom.